The number of halogens is 2. The summed E-state index contributed by atoms with van der Waals surface area (Å²) in [7, 11) is -3.50. The molecule has 0 bridgehead atoms. The van der Waals surface area contributed by atoms with Gasteiger partial charge in [0.1, 0.15) is 5.75 Å². The summed E-state index contributed by atoms with van der Waals surface area (Å²) in [6, 6.07) is 19.1. The Morgan fingerprint density at radius 2 is 1.66 bits per heavy atom. The lowest BCUT2D eigenvalue weighted by molar-refractivity contribution is -0.118. The third kappa shape index (κ3) is 6.38. The molecule has 32 heavy (non-hydrogen) atoms. The van der Waals surface area contributed by atoms with Crippen LogP contribution >= 0.6 is 23.2 Å². The van der Waals surface area contributed by atoms with Gasteiger partial charge in [0.15, 0.2) is 6.61 Å². The summed E-state index contributed by atoms with van der Waals surface area (Å²) in [6.07, 6.45) is 1.16. The quantitative estimate of drug-likeness (QED) is 0.463. The molecule has 1 amide bonds. The molecule has 0 aromatic heterocycles. The van der Waals surface area contributed by atoms with E-state index in [4.69, 9.17) is 27.9 Å². The molecular formula is C23H22Cl2N2O4S. The van der Waals surface area contributed by atoms with Crippen LogP contribution in [0.1, 0.15) is 11.1 Å². The minimum Gasteiger partial charge on any atom is -0.484 e. The van der Waals surface area contributed by atoms with Gasteiger partial charge < -0.3 is 10.1 Å². The first kappa shape index (κ1) is 23.9. The maximum absolute atomic E-state index is 12.3. The number of benzene rings is 3. The van der Waals surface area contributed by atoms with Gasteiger partial charge in [-0.3, -0.25) is 9.10 Å². The fourth-order valence-corrected chi connectivity index (χ4v) is 4.14. The van der Waals surface area contributed by atoms with E-state index in [1.165, 1.54) is 4.31 Å². The summed E-state index contributed by atoms with van der Waals surface area (Å²) in [5.74, 6) is 0.0141. The van der Waals surface area contributed by atoms with Crippen molar-refractivity contribution in [1.82, 2.24) is 0 Å². The lowest BCUT2D eigenvalue weighted by Gasteiger charge is -2.23. The van der Waals surface area contributed by atoms with E-state index in [2.05, 4.69) is 5.32 Å². The number of nitrogens with zero attached hydrogens (tertiary/aromatic N) is 1. The lowest BCUT2D eigenvalue weighted by atomic mass is 10.1. The smallest absolute Gasteiger partial charge is 0.262 e. The molecule has 0 radical (unpaired) electrons. The van der Waals surface area contributed by atoms with Crippen LogP contribution in [-0.4, -0.2) is 27.2 Å². The first-order chi connectivity index (χ1) is 15.1. The van der Waals surface area contributed by atoms with Crippen LogP contribution in [0.4, 0.5) is 11.4 Å². The fraction of sp³-hybridized carbons (Fsp3) is 0.174. The molecule has 1 N–H and O–H groups in total. The number of carbonyl (C=O) groups is 1. The Morgan fingerprint density at radius 1 is 1.00 bits per heavy atom. The zero-order valence-electron chi connectivity index (χ0n) is 17.5. The molecule has 6 nitrogen and oxygen atoms in total. The molecule has 0 aliphatic rings. The maximum Gasteiger partial charge on any atom is 0.262 e. The minimum atomic E-state index is -3.50. The largest absolute Gasteiger partial charge is 0.484 e. The molecule has 0 unspecified atom stereocenters. The van der Waals surface area contributed by atoms with Crippen molar-refractivity contribution in [2.75, 3.05) is 22.5 Å². The molecule has 0 atom stereocenters. The van der Waals surface area contributed by atoms with Gasteiger partial charge in [-0.1, -0.05) is 59.1 Å². The molecule has 0 fully saturated rings. The van der Waals surface area contributed by atoms with Crippen LogP contribution in [0.2, 0.25) is 10.0 Å². The maximum atomic E-state index is 12.3. The fourth-order valence-electron chi connectivity index (χ4n) is 2.90. The average Bonchev–Trinajstić information content (AvgIpc) is 2.75. The van der Waals surface area contributed by atoms with Crippen molar-refractivity contribution in [3.63, 3.8) is 0 Å². The van der Waals surface area contributed by atoms with Crippen molar-refractivity contribution < 1.29 is 17.9 Å². The molecule has 3 rings (SSSR count). The van der Waals surface area contributed by atoms with Crippen LogP contribution in [-0.2, 0) is 21.4 Å². The number of hydrogen-bond donors (Lipinski definition) is 1. The molecule has 0 spiro atoms. The van der Waals surface area contributed by atoms with Gasteiger partial charge in [-0.2, -0.15) is 0 Å². The van der Waals surface area contributed by atoms with E-state index in [1.54, 1.807) is 42.5 Å². The molecular weight excluding hydrogens is 471 g/mol. The SMILES string of the molecule is Cc1ccc(CN(c2ccc(OCC(=O)Nc3cccc(Cl)c3Cl)cc2)S(C)(=O)=O)cc1. The van der Waals surface area contributed by atoms with Crippen molar-refractivity contribution in [1.29, 1.82) is 0 Å². The van der Waals surface area contributed by atoms with E-state index in [0.717, 1.165) is 17.4 Å². The molecule has 0 aliphatic carbocycles. The predicted molar refractivity (Wildman–Crippen MR) is 129 cm³/mol. The number of anilines is 2. The topological polar surface area (TPSA) is 75.7 Å². The standard InChI is InChI=1S/C23H22Cl2N2O4S/c1-16-6-8-17(9-7-16)14-27(32(2,29)30)18-10-12-19(13-11-18)31-15-22(28)26-21-5-3-4-20(24)23(21)25/h3-13H,14-15H2,1-2H3,(H,26,28). The number of carbonyl (C=O) groups excluding carboxylic acids is 1. The third-order valence-corrected chi connectivity index (χ3v) is 6.53. The van der Waals surface area contributed by atoms with Gasteiger partial charge in [0.05, 0.1) is 34.2 Å². The Morgan fingerprint density at radius 3 is 2.28 bits per heavy atom. The highest BCUT2D eigenvalue weighted by Crippen LogP contribution is 2.29. The zero-order chi connectivity index (χ0) is 23.3. The summed E-state index contributed by atoms with van der Waals surface area (Å²) in [5.41, 5.74) is 2.86. The van der Waals surface area contributed by atoms with Gasteiger partial charge >= 0.3 is 0 Å². The number of sulfonamides is 1. The summed E-state index contributed by atoms with van der Waals surface area (Å²) in [4.78, 5) is 12.2. The van der Waals surface area contributed by atoms with Gasteiger partial charge in [-0.25, -0.2) is 8.42 Å². The summed E-state index contributed by atoms with van der Waals surface area (Å²) >= 11 is 12.0. The van der Waals surface area contributed by atoms with E-state index in [9.17, 15) is 13.2 Å². The molecule has 3 aromatic carbocycles. The number of hydrogen-bond acceptors (Lipinski definition) is 4. The zero-order valence-corrected chi connectivity index (χ0v) is 19.8. The number of nitrogens with one attached hydrogen (secondary N) is 1. The van der Waals surface area contributed by atoms with Crippen LogP contribution in [0.5, 0.6) is 5.75 Å². The van der Waals surface area contributed by atoms with E-state index in [1.807, 2.05) is 31.2 Å². The summed E-state index contributed by atoms with van der Waals surface area (Å²) in [5, 5.41) is 3.22. The second kappa shape index (κ2) is 10.3. The van der Waals surface area contributed by atoms with E-state index in [0.29, 0.717) is 22.1 Å². The molecule has 9 heteroatoms. The second-order valence-electron chi connectivity index (χ2n) is 7.19. The molecule has 0 saturated heterocycles. The van der Waals surface area contributed by atoms with Crippen LogP contribution < -0.4 is 14.4 Å². The van der Waals surface area contributed by atoms with Crippen LogP contribution in [0.25, 0.3) is 0 Å². The highest BCUT2D eigenvalue weighted by molar-refractivity contribution is 7.92. The normalized spacial score (nSPS) is 11.1. The Hall–Kier alpha value is -2.74. The number of rotatable bonds is 8. The molecule has 0 heterocycles. The second-order valence-corrected chi connectivity index (χ2v) is 9.88. The van der Waals surface area contributed by atoms with E-state index in [-0.39, 0.29) is 18.2 Å². The number of amides is 1. The van der Waals surface area contributed by atoms with Gasteiger partial charge in [-0.05, 0) is 48.9 Å². The minimum absolute atomic E-state index is 0.210. The molecule has 0 aliphatic heterocycles. The van der Waals surface area contributed by atoms with Crippen LogP contribution in [0.3, 0.4) is 0 Å². The Kier molecular flexibility index (Phi) is 7.66. The Bertz CT molecular complexity index is 1200. The van der Waals surface area contributed by atoms with E-state index < -0.39 is 15.9 Å². The monoisotopic (exact) mass is 492 g/mol. The highest BCUT2D eigenvalue weighted by atomic mass is 35.5. The van der Waals surface area contributed by atoms with E-state index >= 15 is 0 Å². The van der Waals surface area contributed by atoms with Crippen molar-refractivity contribution in [3.05, 3.63) is 87.9 Å². The number of ether oxygens (including phenoxy) is 1. The van der Waals surface area contributed by atoms with Crippen molar-refractivity contribution in [2.45, 2.75) is 13.5 Å². The highest BCUT2D eigenvalue weighted by Gasteiger charge is 2.18. The molecule has 3 aromatic rings. The Balaban J connectivity index is 1.65. The lowest BCUT2D eigenvalue weighted by Crippen LogP contribution is -2.29. The van der Waals surface area contributed by atoms with Crippen molar-refractivity contribution >= 4 is 50.5 Å². The number of aryl methyl sites for hydroxylation is 1. The van der Waals surface area contributed by atoms with Crippen LogP contribution in [0, 0.1) is 6.92 Å². The molecule has 168 valence electrons. The first-order valence-electron chi connectivity index (χ1n) is 9.63. The third-order valence-electron chi connectivity index (χ3n) is 4.57. The van der Waals surface area contributed by atoms with Crippen molar-refractivity contribution in [2.24, 2.45) is 0 Å². The average molecular weight is 493 g/mol. The van der Waals surface area contributed by atoms with Gasteiger partial charge in [-0.15, -0.1) is 0 Å². The van der Waals surface area contributed by atoms with Crippen LogP contribution in [0.15, 0.2) is 66.7 Å². The van der Waals surface area contributed by atoms with Gasteiger partial charge in [0, 0.05) is 0 Å². The van der Waals surface area contributed by atoms with Crippen molar-refractivity contribution in [3.8, 4) is 5.75 Å². The Labute approximate surface area is 197 Å². The van der Waals surface area contributed by atoms with Gasteiger partial charge in [0.25, 0.3) is 5.91 Å². The summed E-state index contributed by atoms with van der Waals surface area (Å²) in [6.45, 7) is 1.93. The summed E-state index contributed by atoms with van der Waals surface area (Å²) < 4.78 is 31.5. The first-order valence-corrected chi connectivity index (χ1v) is 12.2. The van der Waals surface area contributed by atoms with Gasteiger partial charge in [0.2, 0.25) is 10.0 Å². The molecule has 0 saturated carbocycles. The predicted octanol–water partition coefficient (Wildman–Crippen LogP) is 5.29.